The fourth-order valence-electron chi connectivity index (χ4n) is 7.62. The smallest absolute Gasteiger partial charge is 0.461 e. The Morgan fingerprint density at radius 3 is 2.82 bits per heavy atom. The van der Waals surface area contributed by atoms with Crippen molar-refractivity contribution >= 4 is 51.3 Å². The molecule has 0 saturated carbocycles. The maximum absolute atomic E-state index is 17.1. The lowest BCUT2D eigenvalue weighted by Gasteiger charge is -2.31. The Kier molecular flexibility index (Phi) is 9.13. The molecule has 3 saturated heterocycles. The molecule has 3 aliphatic rings. The van der Waals surface area contributed by atoms with Gasteiger partial charge in [-0.3, -0.25) is 19.8 Å². The number of aromatic nitrogens is 5. The minimum atomic E-state index is -1.39. The number of halogens is 3. The van der Waals surface area contributed by atoms with Crippen LogP contribution in [0, 0.1) is 5.82 Å². The number of nitrogens with zero attached hydrogens (tertiary/aromatic N) is 7. The van der Waals surface area contributed by atoms with Crippen LogP contribution in [0.5, 0.6) is 6.01 Å². The molecule has 3 aromatic heterocycles. The quantitative estimate of drug-likeness (QED) is 0.180. The molecule has 6 heterocycles. The second kappa shape index (κ2) is 13.5. The molecule has 1 amide bonds. The van der Waals surface area contributed by atoms with Crippen molar-refractivity contribution in [2.45, 2.75) is 57.2 Å². The van der Waals surface area contributed by atoms with Gasteiger partial charge in [0.25, 0.3) is 0 Å². The maximum atomic E-state index is 17.1. The monoisotopic (exact) mass is 698 g/mol. The Labute approximate surface area is 285 Å². The van der Waals surface area contributed by atoms with Crippen molar-refractivity contribution in [1.29, 1.82) is 0 Å². The Balaban J connectivity index is 1.32. The van der Waals surface area contributed by atoms with Crippen molar-refractivity contribution in [3.63, 3.8) is 0 Å². The third kappa shape index (κ3) is 6.41. The van der Waals surface area contributed by atoms with E-state index in [-0.39, 0.29) is 42.8 Å². The van der Waals surface area contributed by atoms with Gasteiger partial charge in [-0.25, -0.2) is 13.6 Å². The van der Waals surface area contributed by atoms with E-state index >= 15 is 4.39 Å². The molecule has 3 aliphatic heterocycles. The molecule has 2 atom stereocenters. The number of ether oxygens (including phenoxy) is 2. The lowest BCUT2D eigenvalue weighted by molar-refractivity contribution is -0.128. The fourth-order valence-corrected chi connectivity index (χ4v) is 7.92. The normalized spacial score (nSPS) is 21.3. The van der Waals surface area contributed by atoms with Gasteiger partial charge < -0.3 is 24.4 Å². The minimum absolute atomic E-state index is 0.00924. The summed E-state index contributed by atoms with van der Waals surface area (Å²) < 4.78 is 42.5. The van der Waals surface area contributed by atoms with E-state index in [1.54, 1.807) is 24.1 Å². The predicted octanol–water partition coefficient (Wildman–Crippen LogP) is 5.00. The zero-order chi connectivity index (χ0) is 34.3. The van der Waals surface area contributed by atoms with Crippen LogP contribution in [0.3, 0.4) is 0 Å². The SMILES string of the molecule is CC(=O)N1CCCN(c2nc(OC[C@@]34CCCN3C[C@H](F)C4)nc3c(F)c(-c4c(CCCOC(=O)O)c(Cl)cc5[nH]ncc45)ncc23)CC1. The summed E-state index contributed by atoms with van der Waals surface area (Å²) in [4.78, 5) is 43.0. The fraction of sp³-hybridized carbons (Fsp3) is 0.515. The molecule has 7 rings (SSSR count). The number of benzene rings is 1. The summed E-state index contributed by atoms with van der Waals surface area (Å²) in [7, 11) is 0. The van der Waals surface area contributed by atoms with E-state index < -0.39 is 23.7 Å². The van der Waals surface area contributed by atoms with Crippen molar-refractivity contribution in [1.82, 2.24) is 34.9 Å². The molecule has 0 unspecified atom stereocenters. The van der Waals surface area contributed by atoms with Gasteiger partial charge in [-0.2, -0.15) is 15.1 Å². The van der Waals surface area contributed by atoms with Gasteiger partial charge in [-0.05, 0) is 50.3 Å². The first-order valence-corrected chi connectivity index (χ1v) is 16.9. The van der Waals surface area contributed by atoms with Crippen molar-refractivity contribution in [2.75, 3.05) is 57.4 Å². The number of amides is 1. The molecule has 3 fully saturated rings. The van der Waals surface area contributed by atoms with Crippen LogP contribution in [-0.2, 0) is 16.0 Å². The molecule has 0 spiro atoms. The average Bonchev–Trinajstić information content (AvgIpc) is 3.70. The third-order valence-electron chi connectivity index (χ3n) is 9.95. The summed E-state index contributed by atoms with van der Waals surface area (Å²) in [6.07, 6.45) is 4.12. The number of nitrogens with one attached hydrogen (secondary N) is 1. The lowest BCUT2D eigenvalue weighted by atomic mass is 9.95. The van der Waals surface area contributed by atoms with Crippen LogP contribution < -0.4 is 9.64 Å². The summed E-state index contributed by atoms with van der Waals surface area (Å²) in [5.74, 6) is -0.301. The van der Waals surface area contributed by atoms with E-state index in [9.17, 15) is 14.0 Å². The first kappa shape index (κ1) is 33.1. The molecule has 0 aliphatic carbocycles. The number of pyridine rings is 1. The molecule has 260 valence electrons. The van der Waals surface area contributed by atoms with Gasteiger partial charge in [0.05, 0.1) is 29.2 Å². The topological polar surface area (TPSA) is 150 Å². The van der Waals surface area contributed by atoms with E-state index in [2.05, 4.69) is 25.1 Å². The highest BCUT2D eigenvalue weighted by molar-refractivity contribution is 6.33. The van der Waals surface area contributed by atoms with Crippen molar-refractivity contribution in [3.05, 3.63) is 34.9 Å². The number of carboxylic acid groups (broad SMARTS) is 1. The number of hydrogen-bond acceptors (Lipinski definition) is 10. The summed E-state index contributed by atoms with van der Waals surface area (Å²) in [5, 5.41) is 17.2. The number of carbonyl (C=O) groups is 2. The molecule has 16 heteroatoms. The number of H-pyrrole nitrogens is 1. The number of fused-ring (bicyclic) bond motifs is 3. The Morgan fingerprint density at radius 1 is 1.14 bits per heavy atom. The van der Waals surface area contributed by atoms with Crippen LogP contribution in [0.2, 0.25) is 5.02 Å². The molecule has 13 nitrogen and oxygen atoms in total. The number of alkyl halides is 1. The summed E-state index contributed by atoms with van der Waals surface area (Å²) >= 11 is 6.72. The van der Waals surface area contributed by atoms with Gasteiger partial charge in [-0.1, -0.05) is 11.6 Å². The number of carbonyl (C=O) groups excluding carboxylic acids is 1. The average molecular weight is 699 g/mol. The lowest BCUT2D eigenvalue weighted by Crippen LogP contribution is -2.43. The standard InChI is InChI=1S/C33H37ClF2N8O5/c1-19(45)42-7-4-8-43(11-10-42)30-23-15-37-29(26-21(5-2-12-48-32(46)47)24(34)13-25-22(26)16-38-41-25)27(36)28(23)39-31(40-30)49-18-33-6-3-9-44(33)17-20(35)14-33/h13,15-16,20H,2-12,14,17-18H2,1H3,(H,38,41)(H,46,47)/t20-,33+/m1/s1. The first-order chi connectivity index (χ1) is 23.6. The van der Waals surface area contributed by atoms with Crippen molar-refractivity contribution < 1.29 is 33.0 Å². The van der Waals surface area contributed by atoms with E-state index in [1.807, 2.05) is 4.90 Å². The van der Waals surface area contributed by atoms with Gasteiger partial charge in [0.15, 0.2) is 5.82 Å². The molecule has 0 radical (unpaired) electrons. The molecule has 2 N–H and O–H groups in total. The van der Waals surface area contributed by atoms with Gasteiger partial charge in [-0.15, -0.1) is 0 Å². The van der Waals surface area contributed by atoms with Crippen LogP contribution in [0.25, 0.3) is 33.1 Å². The van der Waals surface area contributed by atoms with Crippen LogP contribution in [0.15, 0.2) is 18.5 Å². The van der Waals surface area contributed by atoms with Crippen LogP contribution in [0.4, 0.5) is 19.4 Å². The van der Waals surface area contributed by atoms with E-state index in [0.717, 1.165) is 19.4 Å². The van der Waals surface area contributed by atoms with E-state index in [0.29, 0.717) is 90.2 Å². The van der Waals surface area contributed by atoms with E-state index in [4.69, 9.17) is 31.2 Å². The molecule has 0 bridgehead atoms. The first-order valence-electron chi connectivity index (χ1n) is 16.5. The maximum Gasteiger partial charge on any atom is 0.505 e. The van der Waals surface area contributed by atoms with Gasteiger partial charge in [0.2, 0.25) is 5.91 Å². The summed E-state index contributed by atoms with van der Waals surface area (Å²) in [6, 6.07) is 1.66. The second-order valence-electron chi connectivity index (χ2n) is 13.0. The molecular weight excluding hydrogens is 662 g/mol. The van der Waals surface area contributed by atoms with Crippen molar-refractivity contribution in [2.24, 2.45) is 0 Å². The van der Waals surface area contributed by atoms with Gasteiger partial charge >= 0.3 is 12.2 Å². The molecule has 1 aromatic carbocycles. The number of aromatic amines is 1. The second-order valence-corrected chi connectivity index (χ2v) is 13.4. The summed E-state index contributed by atoms with van der Waals surface area (Å²) in [5.41, 5.74) is 1.05. The Hall–Kier alpha value is -4.37. The summed E-state index contributed by atoms with van der Waals surface area (Å²) in [6.45, 7) is 4.88. The van der Waals surface area contributed by atoms with Crippen LogP contribution >= 0.6 is 11.6 Å². The van der Waals surface area contributed by atoms with Crippen molar-refractivity contribution in [3.8, 4) is 17.3 Å². The molecule has 4 aromatic rings. The zero-order valence-corrected chi connectivity index (χ0v) is 27.8. The van der Waals surface area contributed by atoms with E-state index in [1.165, 1.54) is 6.20 Å². The number of hydrogen-bond donors (Lipinski definition) is 2. The predicted molar refractivity (Wildman–Crippen MR) is 177 cm³/mol. The third-order valence-corrected chi connectivity index (χ3v) is 10.3. The molecular formula is C33H37ClF2N8O5. The Morgan fingerprint density at radius 2 is 2.00 bits per heavy atom. The van der Waals surface area contributed by atoms with Crippen LogP contribution in [0.1, 0.15) is 44.6 Å². The van der Waals surface area contributed by atoms with Gasteiger partial charge in [0, 0.05) is 68.2 Å². The number of anilines is 1. The minimum Gasteiger partial charge on any atom is -0.461 e. The highest BCUT2D eigenvalue weighted by Crippen LogP contribution is 2.42. The number of rotatable bonds is 9. The Bertz CT molecular complexity index is 1910. The highest BCUT2D eigenvalue weighted by Gasteiger charge is 2.49. The van der Waals surface area contributed by atoms with Crippen LogP contribution in [-0.4, -0.2) is 116 Å². The highest BCUT2D eigenvalue weighted by atomic mass is 35.5. The molecule has 49 heavy (non-hydrogen) atoms. The van der Waals surface area contributed by atoms with Gasteiger partial charge in [0.1, 0.15) is 29.8 Å². The zero-order valence-electron chi connectivity index (χ0n) is 27.1. The largest absolute Gasteiger partial charge is 0.505 e.